The van der Waals surface area contributed by atoms with Gasteiger partial charge in [-0.25, -0.2) is 0 Å². The van der Waals surface area contributed by atoms with E-state index in [0.29, 0.717) is 28.1 Å². The number of nitrogens with one attached hydrogen (secondary N) is 1. The fraction of sp³-hybridized carbons (Fsp3) is 0.364. The Kier molecular flexibility index (Phi) is 6.09. The van der Waals surface area contributed by atoms with Crippen molar-refractivity contribution in [2.24, 2.45) is 0 Å². The third kappa shape index (κ3) is 4.74. The summed E-state index contributed by atoms with van der Waals surface area (Å²) in [6, 6.07) is 3.18. The molecule has 0 aliphatic carbocycles. The van der Waals surface area contributed by atoms with E-state index in [1.807, 2.05) is 0 Å². The van der Waals surface area contributed by atoms with Gasteiger partial charge >= 0.3 is 0 Å². The largest absolute Gasteiger partial charge is 0.492 e. The number of hydrogen-bond acceptors (Lipinski definition) is 2. The molecule has 0 bridgehead atoms. The summed E-state index contributed by atoms with van der Waals surface area (Å²) < 4.78 is 5.48. The molecule has 0 unspecified atom stereocenters. The number of carbonyl (C=O) groups excluding carboxylic acids is 1. The monoisotopic (exact) mass is 339 g/mol. The number of benzene rings is 1. The van der Waals surface area contributed by atoms with Crippen molar-refractivity contribution in [1.29, 1.82) is 0 Å². The first kappa shape index (κ1) is 14.6. The molecule has 94 valence electrons. The predicted octanol–water partition coefficient (Wildman–Crippen LogP) is 4.12. The highest BCUT2D eigenvalue weighted by atomic mass is 79.9. The summed E-state index contributed by atoms with van der Waals surface area (Å²) in [4.78, 5) is 11.0. The van der Waals surface area contributed by atoms with E-state index in [0.717, 1.165) is 11.8 Å². The highest BCUT2D eigenvalue weighted by Crippen LogP contribution is 2.34. The maximum absolute atomic E-state index is 11.0. The molecule has 3 nitrogen and oxygen atoms in total. The Bertz CT molecular complexity index is 413. The van der Waals surface area contributed by atoms with E-state index in [9.17, 15) is 4.79 Å². The average molecular weight is 341 g/mol. The van der Waals surface area contributed by atoms with Crippen LogP contribution in [0.4, 0.5) is 5.69 Å². The lowest BCUT2D eigenvalue weighted by atomic mass is 10.3. The highest BCUT2D eigenvalue weighted by Gasteiger charge is 2.09. The van der Waals surface area contributed by atoms with Crippen LogP contribution in [0.5, 0.6) is 5.75 Å². The predicted molar refractivity (Wildman–Crippen MR) is 74.7 cm³/mol. The standard InChI is InChI=1S/C11H12BrCl2NO2/c1-7(16)15-10-6-11(17-4-2-3-12)9(14)5-8(10)13/h5-6H,2-4H2,1H3,(H,15,16). The summed E-state index contributed by atoms with van der Waals surface area (Å²) in [7, 11) is 0. The molecule has 0 saturated carbocycles. The lowest BCUT2D eigenvalue weighted by Crippen LogP contribution is -2.07. The lowest BCUT2D eigenvalue weighted by Gasteiger charge is -2.11. The van der Waals surface area contributed by atoms with Crippen molar-refractivity contribution >= 4 is 50.7 Å². The second kappa shape index (κ2) is 7.09. The first-order valence-electron chi connectivity index (χ1n) is 5.00. The van der Waals surface area contributed by atoms with Crippen molar-refractivity contribution in [3.63, 3.8) is 0 Å². The molecule has 0 aliphatic rings. The molecule has 0 spiro atoms. The summed E-state index contributed by atoms with van der Waals surface area (Å²) in [5.74, 6) is 0.321. The van der Waals surface area contributed by atoms with Crippen LogP contribution in [-0.4, -0.2) is 17.8 Å². The Labute approximate surface area is 119 Å². The second-order valence-corrected chi connectivity index (χ2v) is 4.94. The molecule has 0 heterocycles. The topological polar surface area (TPSA) is 38.3 Å². The van der Waals surface area contributed by atoms with Crippen LogP contribution in [-0.2, 0) is 4.79 Å². The first-order valence-corrected chi connectivity index (χ1v) is 6.87. The summed E-state index contributed by atoms with van der Waals surface area (Å²) >= 11 is 15.2. The fourth-order valence-corrected chi connectivity index (χ4v) is 1.88. The van der Waals surface area contributed by atoms with Gasteiger partial charge in [-0.2, -0.15) is 0 Å². The van der Waals surface area contributed by atoms with Crippen LogP contribution in [0.25, 0.3) is 0 Å². The normalized spacial score (nSPS) is 10.1. The van der Waals surface area contributed by atoms with E-state index in [4.69, 9.17) is 27.9 Å². The fourth-order valence-electron chi connectivity index (χ4n) is 1.16. The van der Waals surface area contributed by atoms with E-state index in [1.165, 1.54) is 6.92 Å². The third-order valence-electron chi connectivity index (χ3n) is 1.87. The molecule has 1 amide bonds. The average Bonchev–Trinajstić information content (AvgIpc) is 2.24. The molecule has 0 atom stereocenters. The van der Waals surface area contributed by atoms with Crippen molar-refractivity contribution in [3.05, 3.63) is 22.2 Å². The van der Waals surface area contributed by atoms with Crippen LogP contribution >= 0.6 is 39.1 Å². The van der Waals surface area contributed by atoms with E-state index >= 15 is 0 Å². The Hall–Kier alpha value is -0.450. The zero-order valence-corrected chi connectivity index (χ0v) is 12.3. The van der Waals surface area contributed by atoms with Gasteiger partial charge in [0.15, 0.2) is 0 Å². The summed E-state index contributed by atoms with van der Waals surface area (Å²) in [5.41, 5.74) is 0.498. The van der Waals surface area contributed by atoms with Crippen molar-refractivity contribution in [3.8, 4) is 5.75 Å². The molecule has 0 aliphatic heterocycles. The Balaban J connectivity index is 2.85. The minimum absolute atomic E-state index is 0.194. The Morgan fingerprint density at radius 2 is 2.12 bits per heavy atom. The number of anilines is 1. The molecule has 0 fully saturated rings. The minimum atomic E-state index is -0.194. The van der Waals surface area contributed by atoms with Gasteiger partial charge in [0, 0.05) is 18.3 Å². The quantitative estimate of drug-likeness (QED) is 0.647. The molecule has 0 radical (unpaired) electrons. The molecule has 1 aromatic carbocycles. The highest BCUT2D eigenvalue weighted by molar-refractivity contribution is 9.09. The number of amides is 1. The number of hydrogen-bond donors (Lipinski definition) is 1. The van der Waals surface area contributed by atoms with Gasteiger partial charge in [-0.1, -0.05) is 39.1 Å². The number of ether oxygens (including phenoxy) is 1. The third-order valence-corrected chi connectivity index (χ3v) is 3.04. The molecular weight excluding hydrogens is 329 g/mol. The van der Waals surface area contributed by atoms with E-state index in [-0.39, 0.29) is 5.91 Å². The van der Waals surface area contributed by atoms with Gasteiger partial charge in [-0.05, 0) is 12.5 Å². The van der Waals surface area contributed by atoms with Gasteiger partial charge in [0.2, 0.25) is 5.91 Å². The number of halogens is 3. The number of alkyl halides is 1. The molecule has 0 saturated heterocycles. The molecule has 1 aromatic rings. The van der Waals surface area contributed by atoms with Gasteiger partial charge < -0.3 is 10.1 Å². The van der Waals surface area contributed by atoms with E-state index in [2.05, 4.69) is 21.2 Å². The Morgan fingerprint density at radius 3 is 2.71 bits per heavy atom. The van der Waals surface area contributed by atoms with Crippen LogP contribution in [0.1, 0.15) is 13.3 Å². The van der Waals surface area contributed by atoms with E-state index < -0.39 is 0 Å². The molecular formula is C11H12BrCl2NO2. The molecule has 6 heteroatoms. The van der Waals surface area contributed by atoms with Crippen molar-refractivity contribution in [1.82, 2.24) is 0 Å². The van der Waals surface area contributed by atoms with Crippen LogP contribution in [0.3, 0.4) is 0 Å². The van der Waals surface area contributed by atoms with Gasteiger partial charge in [-0.15, -0.1) is 0 Å². The van der Waals surface area contributed by atoms with Crippen LogP contribution in [0.15, 0.2) is 12.1 Å². The van der Waals surface area contributed by atoms with Crippen LogP contribution < -0.4 is 10.1 Å². The van der Waals surface area contributed by atoms with Crippen LogP contribution in [0.2, 0.25) is 10.0 Å². The molecule has 0 aromatic heterocycles. The molecule has 1 N–H and O–H groups in total. The number of rotatable bonds is 5. The zero-order valence-electron chi connectivity index (χ0n) is 9.23. The van der Waals surface area contributed by atoms with Crippen molar-refractivity contribution in [2.45, 2.75) is 13.3 Å². The second-order valence-electron chi connectivity index (χ2n) is 3.33. The summed E-state index contributed by atoms with van der Waals surface area (Å²) in [6.45, 7) is 1.96. The minimum Gasteiger partial charge on any atom is -0.492 e. The maximum atomic E-state index is 11.0. The zero-order chi connectivity index (χ0) is 12.8. The number of carbonyl (C=O) groups is 1. The maximum Gasteiger partial charge on any atom is 0.221 e. The smallest absolute Gasteiger partial charge is 0.221 e. The van der Waals surface area contributed by atoms with Gasteiger partial charge in [0.1, 0.15) is 5.75 Å². The van der Waals surface area contributed by atoms with Gasteiger partial charge in [0.25, 0.3) is 0 Å². The lowest BCUT2D eigenvalue weighted by molar-refractivity contribution is -0.114. The molecule has 17 heavy (non-hydrogen) atoms. The first-order chi connectivity index (χ1) is 8.04. The molecule has 1 rings (SSSR count). The van der Waals surface area contributed by atoms with Crippen LogP contribution in [0, 0.1) is 0 Å². The summed E-state index contributed by atoms with van der Waals surface area (Å²) in [5, 5.41) is 4.29. The van der Waals surface area contributed by atoms with Crippen molar-refractivity contribution < 1.29 is 9.53 Å². The van der Waals surface area contributed by atoms with Gasteiger partial charge in [-0.3, -0.25) is 4.79 Å². The van der Waals surface area contributed by atoms with E-state index in [1.54, 1.807) is 12.1 Å². The Morgan fingerprint density at radius 1 is 1.41 bits per heavy atom. The summed E-state index contributed by atoms with van der Waals surface area (Å²) in [6.07, 6.45) is 0.869. The van der Waals surface area contributed by atoms with Gasteiger partial charge in [0.05, 0.1) is 22.3 Å². The SMILES string of the molecule is CC(=O)Nc1cc(OCCCBr)c(Cl)cc1Cl. The van der Waals surface area contributed by atoms with Crippen molar-refractivity contribution in [2.75, 3.05) is 17.3 Å².